The number of piperidine rings is 1. The molecule has 3 rings (SSSR count). The van der Waals surface area contributed by atoms with Gasteiger partial charge in [-0.2, -0.15) is 13.2 Å². The highest BCUT2D eigenvalue weighted by atomic mass is 32.1. The molecule has 162 valence electrons. The lowest BCUT2D eigenvalue weighted by Gasteiger charge is -2.31. The Balaban J connectivity index is 1.58. The average molecular weight is 440 g/mol. The number of halogens is 3. The van der Waals surface area contributed by atoms with Crippen LogP contribution in [0.3, 0.4) is 0 Å². The van der Waals surface area contributed by atoms with E-state index in [0.717, 1.165) is 16.0 Å². The molecule has 1 aromatic carbocycles. The first-order valence-electron chi connectivity index (χ1n) is 9.62. The van der Waals surface area contributed by atoms with Gasteiger partial charge in [0.25, 0.3) is 0 Å². The molecule has 0 spiro atoms. The van der Waals surface area contributed by atoms with Crippen molar-refractivity contribution in [2.75, 3.05) is 19.7 Å². The van der Waals surface area contributed by atoms with Crippen LogP contribution in [0.2, 0.25) is 0 Å². The van der Waals surface area contributed by atoms with E-state index in [9.17, 15) is 22.8 Å². The number of hydrogen-bond donors (Lipinski definition) is 1. The van der Waals surface area contributed by atoms with Crippen molar-refractivity contribution < 1.29 is 27.5 Å². The second-order valence-electron chi connectivity index (χ2n) is 7.30. The molecule has 2 aromatic rings. The molecular formula is C21H23F3N2O3S. The van der Waals surface area contributed by atoms with Crippen molar-refractivity contribution in [2.24, 2.45) is 5.92 Å². The maximum atomic E-state index is 12.9. The molecule has 0 bridgehead atoms. The summed E-state index contributed by atoms with van der Waals surface area (Å²) in [7, 11) is 0. The second-order valence-corrected chi connectivity index (χ2v) is 8.28. The Hall–Kier alpha value is -2.55. The van der Waals surface area contributed by atoms with Crippen LogP contribution in [0.1, 0.15) is 34.9 Å². The zero-order chi connectivity index (χ0) is 21.7. The average Bonchev–Trinajstić information content (AvgIpc) is 3.25. The minimum atomic E-state index is -4.55. The first kappa shape index (κ1) is 22.1. The van der Waals surface area contributed by atoms with Gasteiger partial charge in [0.2, 0.25) is 5.91 Å². The largest absolute Gasteiger partial charge is 0.440 e. The molecule has 1 N–H and O–H groups in total. The number of amides is 2. The first-order chi connectivity index (χ1) is 14.2. The highest BCUT2D eigenvalue weighted by Crippen LogP contribution is 2.28. The zero-order valence-corrected chi connectivity index (χ0v) is 17.3. The van der Waals surface area contributed by atoms with Gasteiger partial charge < -0.3 is 15.0 Å². The molecule has 1 atom stereocenters. The molecule has 1 fully saturated rings. The number of hydrogen-bond acceptors (Lipinski definition) is 4. The Morgan fingerprint density at radius 1 is 1.20 bits per heavy atom. The van der Waals surface area contributed by atoms with Crippen molar-refractivity contribution in [2.45, 2.75) is 32.0 Å². The molecule has 0 radical (unpaired) electrons. The van der Waals surface area contributed by atoms with Crippen molar-refractivity contribution in [1.29, 1.82) is 0 Å². The van der Waals surface area contributed by atoms with E-state index in [1.54, 1.807) is 11.3 Å². The van der Waals surface area contributed by atoms with Crippen molar-refractivity contribution >= 4 is 23.3 Å². The summed E-state index contributed by atoms with van der Waals surface area (Å²) in [5.41, 5.74) is 2.10. The van der Waals surface area contributed by atoms with Crippen LogP contribution < -0.4 is 5.32 Å². The monoisotopic (exact) mass is 440 g/mol. The molecule has 0 saturated carbocycles. The van der Waals surface area contributed by atoms with Crippen molar-refractivity contribution in [3.05, 3.63) is 57.8 Å². The summed E-state index contributed by atoms with van der Waals surface area (Å²) < 4.78 is 40.9. The number of carbonyl (C=O) groups is 2. The molecule has 0 aliphatic carbocycles. The molecule has 1 aliphatic rings. The number of ether oxygens (including phenoxy) is 1. The third kappa shape index (κ3) is 5.98. The summed E-state index contributed by atoms with van der Waals surface area (Å²) >= 11 is 1.55. The standard InChI is InChI=1S/C21H23F3N2O3S/c1-14-4-6-15(7-5-14)18(17-3-2-12-30-17)25-19(27)16-8-10-26(11-9-16)20(28)29-13-21(22,23)24/h2-7,12,16,18H,8-11,13H2,1H3,(H,25,27). The van der Waals surface area contributed by atoms with Crippen LogP contribution >= 0.6 is 11.3 Å². The van der Waals surface area contributed by atoms with Crippen LogP contribution in [0.5, 0.6) is 0 Å². The zero-order valence-electron chi connectivity index (χ0n) is 16.4. The molecule has 1 aromatic heterocycles. The molecule has 1 saturated heterocycles. The number of thiophene rings is 1. The Bertz CT molecular complexity index is 845. The van der Waals surface area contributed by atoms with E-state index in [1.807, 2.05) is 48.7 Å². The minimum absolute atomic E-state index is 0.128. The van der Waals surface area contributed by atoms with E-state index in [1.165, 1.54) is 4.90 Å². The molecule has 1 unspecified atom stereocenters. The molecule has 1 aliphatic heterocycles. The number of nitrogens with one attached hydrogen (secondary N) is 1. The highest BCUT2D eigenvalue weighted by Gasteiger charge is 2.33. The number of aryl methyl sites for hydroxylation is 1. The minimum Gasteiger partial charge on any atom is -0.440 e. The van der Waals surface area contributed by atoms with Gasteiger partial charge in [-0.1, -0.05) is 35.9 Å². The van der Waals surface area contributed by atoms with E-state index < -0.39 is 18.9 Å². The topological polar surface area (TPSA) is 58.6 Å². The van der Waals surface area contributed by atoms with Gasteiger partial charge in [-0.25, -0.2) is 4.79 Å². The predicted octanol–water partition coefficient (Wildman–Crippen LogP) is 4.67. The fraction of sp³-hybridized carbons (Fsp3) is 0.429. The first-order valence-corrected chi connectivity index (χ1v) is 10.5. The number of alkyl halides is 3. The van der Waals surface area contributed by atoms with Crippen LogP contribution in [0.25, 0.3) is 0 Å². The third-order valence-corrected chi connectivity index (χ3v) is 5.95. The lowest BCUT2D eigenvalue weighted by Crippen LogP contribution is -2.44. The SMILES string of the molecule is Cc1ccc(C(NC(=O)C2CCN(C(=O)OCC(F)(F)F)CC2)c2cccs2)cc1. The van der Waals surface area contributed by atoms with Gasteiger partial charge in [0.15, 0.2) is 6.61 Å². The fourth-order valence-corrected chi connectivity index (χ4v) is 4.15. The molecular weight excluding hydrogens is 417 g/mol. The van der Waals surface area contributed by atoms with Crippen LogP contribution in [-0.4, -0.2) is 42.8 Å². The summed E-state index contributed by atoms with van der Waals surface area (Å²) in [4.78, 5) is 26.9. The number of carbonyl (C=O) groups excluding carboxylic acids is 2. The Morgan fingerprint density at radius 2 is 1.87 bits per heavy atom. The maximum absolute atomic E-state index is 12.9. The van der Waals surface area contributed by atoms with Gasteiger partial charge in [0.05, 0.1) is 6.04 Å². The van der Waals surface area contributed by atoms with Gasteiger partial charge >= 0.3 is 12.3 Å². The Labute approximate surface area is 176 Å². The van der Waals surface area contributed by atoms with Gasteiger partial charge in [0, 0.05) is 23.9 Å². The number of rotatable bonds is 5. The molecule has 2 heterocycles. The normalized spacial score (nSPS) is 16.2. The summed E-state index contributed by atoms with van der Waals surface area (Å²) in [6, 6.07) is 11.6. The molecule has 30 heavy (non-hydrogen) atoms. The van der Waals surface area contributed by atoms with Gasteiger partial charge in [-0.05, 0) is 36.8 Å². The van der Waals surface area contributed by atoms with Crippen LogP contribution in [0, 0.1) is 12.8 Å². The van der Waals surface area contributed by atoms with Gasteiger partial charge in [0.1, 0.15) is 0 Å². The fourth-order valence-electron chi connectivity index (χ4n) is 3.35. The lowest BCUT2D eigenvalue weighted by molar-refractivity contribution is -0.162. The van der Waals surface area contributed by atoms with E-state index in [-0.39, 0.29) is 31.0 Å². The highest BCUT2D eigenvalue weighted by molar-refractivity contribution is 7.10. The van der Waals surface area contributed by atoms with E-state index in [2.05, 4.69) is 10.1 Å². The van der Waals surface area contributed by atoms with E-state index in [0.29, 0.717) is 12.8 Å². The van der Waals surface area contributed by atoms with Gasteiger partial charge in [-0.15, -0.1) is 11.3 Å². The Morgan fingerprint density at radius 3 is 2.43 bits per heavy atom. The van der Waals surface area contributed by atoms with Crippen LogP contribution in [0.15, 0.2) is 41.8 Å². The van der Waals surface area contributed by atoms with E-state index in [4.69, 9.17) is 0 Å². The quantitative estimate of drug-likeness (QED) is 0.735. The van der Waals surface area contributed by atoms with Crippen molar-refractivity contribution in [3.8, 4) is 0 Å². The summed E-state index contributed by atoms with van der Waals surface area (Å²) in [6.45, 7) is 0.757. The molecule has 2 amide bonds. The Kier molecular flexibility index (Phi) is 7.02. The second kappa shape index (κ2) is 9.51. The smallest absolute Gasteiger partial charge is 0.422 e. The number of benzene rings is 1. The van der Waals surface area contributed by atoms with Crippen LogP contribution in [0.4, 0.5) is 18.0 Å². The third-order valence-electron chi connectivity index (χ3n) is 5.01. The van der Waals surface area contributed by atoms with Crippen molar-refractivity contribution in [1.82, 2.24) is 10.2 Å². The van der Waals surface area contributed by atoms with E-state index >= 15 is 0 Å². The predicted molar refractivity (Wildman–Crippen MR) is 107 cm³/mol. The number of nitrogens with zero attached hydrogens (tertiary/aromatic N) is 1. The lowest BCUT2D eigenvalue weighted by atomic mass is 9.95. The maximum Gasteiger partial charge on any atom is 0.422 e. The van der Waals surface area contributed by atoms with Gasteiger partial charge in [-0.3, -0.25) is 4.79 Å². The molecule has 9 heteroatoms. The van der Waals surface area contributed by atoms with Crippen LogP contribution in [-0.2, 0) is 9.53 Å². The summed E-state index contributed by atoms with van der Waals surface area (Å²) in [5, 5.41) is 5.05. The van der Waals surface area contributed by atoms with Crippen molar-refractivity contribution in [3.63, 3.8) is 0 Å². The summed E-state index contributed by atoms with van der Waals surface area (Å²) in [5.74, 6) is -0.443. The number of likely N-dealkylation sites (tertiary alicyclic amines) is 1. The molecule has 5 nitrogen and oxygen atoms in total. The summed E-state index contributed by atoms with van der Waals surface area (Å²) in [6.07, 6.45) is -4.81.